The fraction of sp³-hybridized carbons (Fsp3) is 0.778. The first kappa shape index (κ1) is 11.0. The molecule has 7 nitrogen and oxygen atoms in total. The van der Waals surface area contributed by atoms with E-state index in [9.17, 15) is 4.79 Å². The molecule has 2 rings (SSSR count). The number of tetrazole rings is 1. The molecular weight excluding hydrogens is 210 g/mol. The van der Waals surface area contributed by atoms with Gasteiger partial charge in [0.25, 0.3) is 0 Å². The quantitative estimate of drug-likeness (QED) is 0.666. The van der Waals surface area contributed by atoms with Crippen molar-refractivity contribution in [3.63, 3.8) is 0 Å². The van der Waals surface area contributed by atoms with E-state index in [1.54, 1.807) is 4.90 Å². The summed E-state index contributed by atoms with van der Waals surface area (Å²) in [5, 5.41) is 10.6. The average molecular weight is 225 g/mol. The van der Waals surface area contributed by atoms with Crippen LogP contribution in [-0.4, -0.2) is 56.3 Å². The summed E-state index contributed by atoms with van der Waals surface area (Å²) in [6.07, 6.45) is 1.61. The number of ether oxygens (including phenoxy) is 1. The van der Waals surface area contributed by atoms with Crippen molar-refractivity contribution in [2.45, 2.75) is 32.6 Å². The Morgan fingerprint density at radius 2 is 2.12 bits per heavy atom. The first-order valence-electron chi connectivity index (χ1n) is 5.29. The molecule has 0 saturated carbocycles. The van der Waals surface area contributed by atoms with Crippen molar-refractivity contribution in [3.8, 4) is 0 Å². The first-order valence-corrected chi connectivity index (χ1v) is 5.29. The predicted octanol–water partition coefficient (Wildman–Crippen LogP) is -0.691. The fourth-order valence-corrected chi connectivity index (χ4v) is 1.87. The highest BCUT2D eigenvalue weighted by atomic mass is 16.5. The third-order valence-electron chi connectivity index (χ3n) is 2.46. The van der Waals surface area contributed by atoms with Crippen molar-refractivity contribution in [1.82, 2.24) is 25.1 Å². The van der Waals surface area contributed by atoms with Gasteiger partial charge in [0.2, 0.25) is 5.91 Å². The van der Waals surface area contributed by atoms with Crippen molar-refractivity contribution in [3.05, 3.63) is 6.33 Å². The van der Waals surface area contributed by atoms with Gasteiger partial charge in [0.1, 0.15) is 12.9 Å². The number of carbonyl (C=O) groups is 1. The second-order valence-corrected chi connectivity index (χ2v) is 4.06. The van der Waals surface area contributed by atoms with Crippen LogP contribution in [0.4, 0.5) is 0 Å². The maximum atomic E-state index is 11.9. The lowest BCUT2D eigenvalue weighted by Gasteiger charge is -2.35. The van der Waals surface area contributed by atoms with Gasteiger partial charge in [-0.2, -0.15) is 0 Å². The molecule has 1 fully saturated rings. The molecule has 1 amide bonds. The zero-order chi connectivity index (χ0) is 11.5. The molecule has 0 aromatic carbocycles. The molecule has 1 aromatic rings. The Hall–Kier alpha value is -1.50. The lowest BCUT2D eigenvalue weighted by atomic mass is 10.2. The number of hydrogen-bond acceptors (Lipinski definition) is 5. The molecule has 0 spiro atoms. The minimum absolute atomic E-state index is 0.0225. The fourth-order valence-electron chi connectivity index (χ4n) is 1.87. The summed E-state index contributed by atoms with van der Waals surface area (Å²) in [7, 11) is 0. The normalized spacial score (nSPS) is 25.8. The zero-order valence-electron chi connectivity index (χ0n) is 9.41. The second kappa shape index (κ2) is 4.56. The van der Waals surface area contributed by atoms with Crippen LogP contribution in [0.2, 0.25) is 0 Å². The third-order valence-corrected chi connectivity index (χ3v) is 2.46. The van der Waals surface area contributed by atoms with Crippen LogP contribution >= 0.6 is 0 Å². The molecule has 0 bridgehead atoms. The van der Waals surface area contributed by atoms with E-state index in [-0.39, 0.29) is 24.7 Å². The average Bonchev–Trinajstić information content (AvgIpc) is 2.68. The minimum atomic E-state index is 0.0225. The summed E-state index contributed by atoms with van der Waals surface area (Å²) in [4.78, 5) is 13.7. The summed E-state index contributed by atoms with van der Waals surface area (Å²) >= 11 is 0. The molecular formula is C9H15N5O2. The predicted molar refractivity (Wildman–Crippen MR) is 54.4 cm³/mol. The topological polar surface area (TPSA) is 73.1 Å². The highest BCUT2D eigenvalue weighted by molar-refractivity contribution is 5.76. The van der Waals surface area contributed by atoms with Gasteiger partial charge < -0.3 is 9.64 Å². The lowest BCUT2D eigenvalue weighted by Crippen LogP contribution is -2.49. The van der Waals surface area contributed by atoms with Gasteiger partial charge in [-0.15, -0.1) is 5.10 Å². The molecule has 7 heteroatoms. The molecule has 16 heavy (non-hydrogen) atoms. The monoisotopic (exact) mass is 225 g/mol. The smallest absolute Gasteiger partial charge is 0.244 e. The molecule has 88 valence electrons. The van der Waals surface area contributed by atoms with Crippen molar-refractivity contribution >= 4 is 5.91 Å². The Labute approximate surface area is 93.4 Å². The van der Waals surface area contributed by atoms with Crippen molar-refractivity contribution < 1.29 is 9.53 Å². The highest BCUT2D eigenvalue weighted by Gasteiger charge is 2.25. The molecule has 0 N–H and O–H groups in total. The molecule has 0 radical (unpaired) electrons. The number of morpholine rings is 1. The molecule has 2 atom stereocenters. The van der Waals surface area contributed by atoms with Crippen molar-refractivity contribution in [2.24, 2.45) is 0 Å². The number of nitrogens with zero attached hydrogens (tertiary/aromatic N) is 5. The van der Waals surface area contributed by atoms with Crippen LogP contribution < -0.4 is 0 Å². The molecule has 1 saturated heterocycles. The zero-order valence-corrected chi connectivity index (χ0v) is 9.41. The van der Waals surface area contributed by atoms with Gasteiger partial charge in [-0.1, -0.05) is 0 Å². The number of carbonyl (C=O) groups excluding carboxylic acids is 1. The molecule has 1 aliphatic heterocycles. The van der Waals surface area contributed by atoms with E-state index in [0.29, 0.717) is 13.1 Å². The van der Waals surface area contributed by atoms with Crippen LogP contribution in [0.25, 0.3) is 0 Å². The molecule has 1 aromatic heterocycles. The van der Waals surface area contributed by atoms with E-state index < -0.39 is 0 Å². The van der Waals surface area contributed by atoms with Crippen molar-refractivity contribution in [1.29, 1.82) is 0 Å². The standard InChI is InChI=1S/C9H15N5O2/c1-7-3-13(4-8(2)16-7)9(15)5-14-6-10-11-12-14/h6-8H,3-5H2,1-2H3/t7-,8-/m0/s1. The lowest BCUT2D eigenvalue weighted by molar-refractivity contribution is -0.144. The second-order valence-electron chi connectivity index (χ2n) is 4.06. The van der Waals surface area contributed by atoms with Crippen molar-refractivity contribution in [2.75, 3.05) is 13.1 Å². The number of hydrogen-bond donors (Lipinski definition) is 0. The molecule has 0 unspecified atom stereocenters. The van der Waals surface area contributed by atoms with E-state index in [1.165, 1.54) is 11.0 Å². The van der Waals surface area contributed by atoms with Gasteiger partial charge in [0, 0.05) is 13.1 Å². The van der Waals surface area contributed by atoms with Crippen LogP contribution in [0.1, 0.15) is 13.8 Å². The van der Waals surface area contributed by atoms with Crippen LogP contribution in [-0.2, 0) is 16.1 Å². The Morgan fingerprint density at radius 1 is 1.44 bits per heavy atom. The van der Waals surface area contributed by atoms with Gasteiger partial charge in [0.05, 0.1) is 12.2 Å². The first-order chi connectivity index (χ1) is 7.65. The molecule has 1 aliphatic rings. The summed E-state index contributed by atoms with van der Waals surface area (Å²) in [6.45, 7) is 5.38. The van der Waals surface area contributed by atoms with E-state index in [4.69, 9.17) is 4.74 Å². The third kappa shape index (κ3) is 2.54. The maximum Gasteiger partial charge on any atom is 0.244 e. The summed E-state index contributed by atoms with van der Waals surface area (Å²) in [5.74, 6) is 0.0225. The molecule has 0 aliphatic carbocycles. The number of rotatable bonds is 2. The Balaban J connectivity index is 1.94. The van der Waals surface area contributed by atoms with Gasteiger partial charge in [0.15, 0.2) is 0 Å². The van der Waals surface area contributed by atoms with E-state index in [2.05, 4.69) is 15.5 Å². The Morgan fingerprint density at radius 3 is 2.69 bits per heavy atom. The largest absolute Gasteiger partial charge is 0.372 e. The summed E-state index contributed by atoms with van der Waals surface area (Å²) in [5.41, 5.74) is 0. The van der Waals surface area contributed by atoms with Gasteiger partial charge in [-0.25, -0.2) is 4.68 Å². The van der Waals surface area contributed by atoms with Gasteiger partial charge in [-0.3, -0.25) is 4.79 Å². The minimum Gasteiger partial charge on any atom is -0.372 e. The number of amides is 1. The highest BCUT2D eigenvalue weighted by Crippen LogP contribution is 2.10. The van der Waals surface area contributed by atoms with Crippen LogP contribution in [0.3, 0.4) is 0 Å². The summed E-state index contributed by atoms with van der Waals surface area (Å²) in [6, 6.07) is 0. The Bertz CT molecular complexity index is 343. The number of aromatic nitrogens is 4. The maximum absolute atomic E-state index is 11.9. The van der Waals surface area contributed by atoms with Gasteiger partial charge in [-0.05, 0) is 24.3 Å². The Kier molecular flexibility index (Phi) is 3.14. The van der Waals surface area contributed by atoms with Gasteiger partial charge >= 0.3 is 0 Å². The SMILES string of the molecule is C[C@H]1CN(C(=O)Cn2cnnn2)C[C@H](C)O1. The summed E-state index contributed by atoms with van der Waals surface area (Å²) < 4.78 is 6.98. The van der Waals surface area contributed by atoms with E-state index in [1.807, 2.05) is 13.8 Å². The molecule has 2 heterocycles. The van der Waals surface area contributed by atoms with E-state index >= 15 is 0 Å². The van der Waals surface area contributed by atoms with Crippen LogP contribution in [0, 0.1) is 0 Å². The van der Waals surface area contributed by atoms with E-state index in [0.717, 1.165) is 0 Å². The van der Waals surface area contributed by atoms with Crippen LogP contribution in [0.5, 0.6) is 0 Å². The van der Waals surface area contributed by atoms with Crippen LogP contribution in [0.15, 0.2) is 6.33 Å².